The third-order valence-electron chi connectivity index (χ3n) is 6.27. The van der Waals surface area contributed by atoms with Gasteiger partial charge in [-0.3, -0.25) is 9.79 Å². The first-order valence-corrected chi connectivity index (χ1v) is 10.1. The monoisotopic (exact) mass is 438 g/mol. The molecule has 0 bridgehead atoms. The largest absolute Gasteiger partial charge is 0.480 e. The Hall–Kier alpha value is -3.58. The van der Waals surface area contributed by atoms with Gasteiger partial charge in [0.25, 0.3) is 5.91 Å². The second-order valence-corrected chi connectivity index (χ2v) is 8.28. The number of nitrogens with two attached hydrogens (primary N) is 1. The molecule has 32 heavy (non-hydrogen) atoms. The van der Waals surface area contributed by atoms with E-state index >= 15 is 4.39 Å². The molecule has 9 nitrogen and oxygen atoms in total. The second-order valence-electron chi connectivity index (χ2n) is 8.28. The van der Waals surface area contributed by atoms with Gasteiger partial charge in [-0.25, -0.2) is 14.4 Å². The van der Waals surface area contributed by atoms with Gasteiger partial charge < -0.3 is 20.5 Å². The number of nitrogens with zero attached hydrogens (tertiary/aromatic N) is 4. The molecule has 10 heteroatoms. The predicted octanol–water partition coefficient (Wildman–Crippen LogP) is 2.40. The van der Waals surface area contributed by atoms with Crippen LogP contribution >= 0.6 is 0 Å². The quantitative estimate of drug-likeness (QED) is 0.748. The van der Waals surface area contributed by atoms with Gasteiger partial charge in [-0.05, 0) is 38.5 Å². The minimum absolute atomic E-state index is 0.0789. The molecule has 1 fully saturated rings. The van der Waals surface area contributed by atoms with E-state index in [1.54, 1.807) is 6.92 Å². The Morgan fingerprint density at radius 3 is 2.84 bits per heavy atom. The molecule has 4 atom stereocenters. The van der Waals surface area contributed by atoms with Gasteiger partial charge in [-0.15, -0.1) is 0 Å². The highest BCUT2D eigenvalue weighted by Gasteiger charge is 2.57. The average Bonchev–Trinajstić information content (AvgIpc) is 3.11. The minimum atomic E-state index is -1.08. The number of nitrogens with one attached hydrogen (secondary N) is 1. The summed E-state index contributed by atoms with van der Waals surface area (Å²) in [7, 11) is 1.45. The van der Waals surface area contributed by atoms with Crippen LogP contribution < -0.4 is 15.8 Å². The number of ether oxygens (including phenoxy) is 2. The summed E-state index contributed by atoms with van der Waals surface area (Å²) < 4.78 is 25.9. The number of aromatic nitrogens is 2. The molecule has 0 spiro atoms. The Kier molecular flexibility index (Phi) is 5.30. The van der Waals surface area contributed by atoms with Crippen molar-refractivity contribution in [2.75, 3.05) is 19.0 Å². The van der Waals surface area contributed by atoms with E-state index < -0.39 is 22.7 Å². The predicted molar refractivity (Wildman–Crippen MR) is 113 cm³/mol. The first-order valence-electron chi connectivity index (χ1n) is 10.1. The van der Waals surface area contributed by atoms with Gasteiger partial charge in [0.1, 0.15) is 28.3 Å². The lowest BCUT2D eigenvalue weighted by Crippen LogP contribution is -2.49. The molecule has 2 aromatic rings. The van der Waals surface area contributed by atoms with Crippen molar-refractivity contribution >= 4 is 17.4 Å². The molecule has 0 saturated carbocycles. The van der Waals surface area contributed by atoms with Crippen molar-refractivity contribution in [2.24, 2.45) is 22.1 Å². The van der Waals surface area contributed by atoms with E-state index in [4.69, 9.17) is 15.2 Å². The molecule has 3 heterocycles. The van der Waals surface area contributed by atoms with Crippen LogP contribution in [0.2, 0.25) is 0 Å². The van der Waals surface area contributed by atoms with Gasteiger partial charge >= 0.3 is 0 Å². The summed E-state index contributed by atoms with van der Waals surface area (Å²) >= 11 is 0. The number of hydrogen-bond acceptors (Lipinski definition) is 8. The topological polar surface area (TPSA) is 136 Å². The van der Waals surface area contributed by atoms with Crippen LogP contribution in [-0.2, 0) is 10.3 Å². The number of carbonyl (C=O) groups is 1. The molecule has 1 amide bonds. The maximum atomic E-state index is 15.1. The standard InChI is InChI=1S/C22H23FN6O3/c1-12-15-7-21(2,10-24)20(25)29-22(15,11-32-12)14-6-13(4-5-16(14)23)28-19(30)17-8-27-18(31-3)9-26-17/h4-6,8-9,12,15H,7,11H2,1-3H3,(H2,25,29)(H,28,30)/t12-,15-,21-,22-/m0/s1. The molecule has 1 aromatic heterocycles. The average molecular weight is 438 g/mol. The summed E-state index contributed by atoms with van der Waals surface area (Å²) in [5.41, 5.74) is 4.84. The van der Waals surface area contributed by atoms with Gasteiger partial charge in [0.05, 0.1) is 38.3 Å². The third kappa shape index (κ3) is 3.44. The normalized spacial score (nSPS) is 28.9. The van der Waals surface area contributed by atoms with Crippen LogP contribution in [0.25, 0.3) is 0 Å². The lowest BCUT2D eigenvalue weighted by atomic mass is 9.67. The Morgan fingerprint density at radius 2 is 2.19 bits per heavy atom. The van der Waals surface area contributed by atoms with Crippen molar-refractivity contribution in [3.63, 3.8) is 0 Å². The van der Waals surface area contributed by atoms with E-state index in [0.29, 0.717) is 12.1 Å². The van der Waals surface area contributed by atoms with Crippen molar-refractivity contribution in [3.8, 4) is 11.9 Å². The van der Waals surface area contributed by atoms with E-state index in [1.165, 1.54) is 37.7 Å². The molecule has 1 aromatic carbocycles. The number of carbonyl (C=O) groups excluding carboxylic acids is 1. The summed E-state index contributed by atoms with van der Waals surface area (Å²) in [5, 5.41) is 12.3. The summed E-state index contributed by atoms with van der Waals surface area (Å²) in [6.07, 6.45) is 2.76. The maximum absolute atomic E-state index is 15.1. The zero-order valence-corrected chi connectivity index (χ0v) is 17.9. The SMILES string of the molecule is COc1cnc(C(=O)Nc2ccc(F)c([C@@]34CO[C@@H](C)[C@@H]3C[C@@](C)(C#N)C(N)=N4)c2)cn1. The van der Waals surface area contributed by atoms with E-state index in [9.17, 15) is 10.1 Å². The van der Waals surface area contributed by atoms with Crippen LogP contribution in [-0.4, -0.2) is 41.5 Å². The van der Waals surface area contributed by atoms with E-state index in [0.717, 1.165) is 0 Å². The number of amides is 1. The third-order valence-corrected chi connectivity index (χ3v) is 6.27. The molecule has 3 N–H and O–H groups in total. The minimum Gasteiger partial charge on any atom is -0.480 e. The number of anilines is 1. The first-order chi connectivity index (χ1) is 15.2. The Morgan fingerprint density at radius 1 is 1.41 bits per heavy atom. The van der Waals surface area contributed by atoms with Crippen molar-refractivity contribution in [3.05, 3.63) is 47.7 Å². The summed E-state index contributed by atoms with van der Waals surface area (Å²) in [6.45, 7) is 3.73. The highest BCUT2D eigenvalue weighted by atomic mass is 19.1. The van der Waals surface area contributed by atoms with Crippen molar-refractivity contribution in [1.82, 2.24) is 9.97 Å². The van der Waals surface area contributed by atoms with Gasteiger partial charge in [0.15, 0.2) is 0 Å². The number of halogens is 1. The first kappa shape index (κ1) is 21.6. The van der Waals surface area contributed by atoms with Crippen molar-refractivity contribution < 1.29 is 18.7 Å². The number of benzene rings is 1. The molecular formula is C22H23FN6O3. The van der Waals surface area contributed by atoms with Crippen LogP contribution in [0.3, 0.4) is 0 Å². The highest BCUT2D eigenvalue weighted by Crippen LogP contribution is 2.52. The molecule has 0 unspecified atom stereocenters. The fraction of sp³-hybridized carbons (Fsp3) is 0.409. The number of methoxy groups -OCH3 is 1. The second kappa shape index (κ2) is 7.84. The summed E-state index contributed by atoms with van der Waals surface area (Å²) in [4.78, 5) is 25.2. The zero-order chi connectivity index (χ0) is 23.1. The highest BCUT2D eigenvalue weighted by molar-refractivity contribution is 6.02. The number of amidine groups is 1. The van der Waals surface area contributed by atoms with Gasteiger partial charge in [0, 0.05) is 17.2 Å². The van der Waals surface area contributed by atoms with Crippen LogP contribution in [0.1, 0.15) is 36.3 Å². The van der Waals surface area contributed by atoms with Crippen LogP contribution in [0.5, 0.6) is 5.88 Å². The number of hydrogen-bond donors (Lipinski definition) is 2. The van der Waals surface area contributed by atoms with E-state index in [1.807, 2.05) is 6.92 Å². The van der Waals surface area contributed by atoms with Crippen LogP contribution in [0.4, 0.5) is 10.1 Å². The fourth-order valence-corrected chi connectivity index (χ4v) is 4.31. The van der Waals surface area contributed by atoms with Crippen molar-refractivity contribution in [1.29, 1.82) is 5.26 Å². The fourth-order valence-electron chi connectivity index (χ4n) is 4.31. The number of fused-ring (bicyclic) bond motifs is 1. The van der Waals surface area contributed by atoms with Crippen LogP contribution in [0.15, 0.2) is 35.6 Å². The molecule has 1 saturated heterocycles. The molecule has 166 valence electrons. The number of aliphatic imine (C=N–C) groups is 1. The van der Waals surface area contributed by atoms with Gasteiger partial charge in [-0.1, -0.05) is 0 Å². The van der Waals surface area contributed by atoms with Gasteiger partial charge in [-0.2, -0.15) is 5.26 Å². The molecular weight excluding hydrogens is 415 g/mol. The van der Waals surface area contributed by atoms with Gasteiger partial charge in [0.2, 0.25) is 5.88 Å². The Balaban J connectivity index is 1.70. The van der Waals surface area contributed by atoms with E-state index in [2.05, 4.69) is 26.3 Å². The lowest BCUT2D eigenvalue weighted by molar-refractivity contribution is 0.0995. The van der Waals surface area contributed by atoms with Crippen molar-refractivity contribution in [2.45, 2.75) is 31.9 Å². The van der Waals surface area contributed by atoms with Crippen LogP contribution in [0, 0.1) is 28.5 Å². The molecule has 2 aliphatic rings. The number of nitriles is 1. The zero-order valence-electron chi connectivity index (χ0n) is 17.9. The summed E-state index contributed by atoms with van der Waals surface area (Å²) in [5.74, 6) is -0.828. The molecule has 0 aliphatic carbocycles. The Bertz CT molecular complexity index is 1130. The number of rotatable bonds is 4. The molecule has 0 radical (unpaired) electrons. The summed E-state index contributed by atoms with van der Waals surface area (Å²) in [6, 6.07) is 6.48. The lowest BCUT2D eigenvalue weighted by Gasteiger charge is -2.41. The maximum Gasteiger partial charge on any atom is 0.275 e. The smallest absolute Gasteiger partial charge is 0.275 e. The molecule has 2 aliphatic heterocycles. The Labute approximate surface area is 184 Å². The van der Waals surface area contributed by atoms with E-state index in [-0.39, 0.29) is 41.6 Å². The molecule has 4 rings (SSSR count).